The Morgan fingerprint density at radius 1 is 1.05 bits per heavy atom. The molecule has 1 aliphatic rings. The van der Waals surface area contributed by atoms with Crippen LogP contribution in [0.2, 0.25) is 0 Å². The Bertz CT molecular complexity index is 347. The number of nitrogens with zero attached hydrogens (tertiary/aromatic N) is 1. The molecule has 1 saturated heterocycles. The van der Waals surface area contributed by atoms with Gasteiger partial charge in [0.1, 0.15) is 0 Å². The summed E-state index contributed by atoms with van der Waals surface area (Å²) in [6, 6.07) is 9.62. The van der Waals surface area contributed by atoms with Gasteiger partial charge in [0.15, 0.2) is 5.78 Å². The predicted octanol–water partition coefficient (Wildman–Crippen LogP) is 3.58. The Hall–Kier alpha value is -0.462. The van der Waals surface area contributed by atoms with E-state index in [1.165, 1.54) is 32.4 Å². The summed E-state index contributed by atoms with van der Waals surface area (Å²) in [6.45, 7) is 3.53. The molecular weight excluding hydrogens is 406 g/mol. The van der Waals surface area contributed by atoms with Crippen LogP contribution in [0.25, 0.3) is 0 Å². The second-order valence-corrected chi connectivity index (χ2v) is 4.80. The molecule has 106 valence electrons. The van der Waals surface area contributed by atoms with Crippen molar-refractivity contribution in [3.8, 4) is 0 Å². The fraction of sp³-hybridized carbons (Fsp3) is 0.500. The summed E-state index contributed by atoms with van der Waals surface area (Å²) >= 11 is 0. The minimum Gasteiger partial charge on any atom is -0.358 e. The first-order valence-corrected chi connectivity index (χ1v) is 6.67. The third-order valence-electron chi connectivity index (χ3n) is 3.42. The van der Waals surface area contributed by atoms with Crippen molar-refractivity contribution in [3.63, 3.8) is 0 Å². The van der Waals surface area contributed by atoms with E-state index in [0.29, 0.717) is 6.42 Å². The molecule has 0 aliphatic carbocycles. The summed E-state index contributed by atoms with van der Waals surface area (Å²) < 4.78 is 0. The van der Waals surface area contributed by atoms with Crippen LogP contribution in [0.1, 0.15) is 42.5 Å². The summed E-state index contributed by atoms with van der Waals surface area (Å²) in [5, 5.41) is 0. The first-order valence-electron chi connectivity index (χ1n) is 6.67. The first kappa shape index (κ1) is 18.5. The smallest absolute Gasteiger partial charge is 0.162 e. The molecule has 0 N–H and O–H groups in total. The number of piperidine rings is 1. The van der Waals surface area contributed by atoms with E-state index in [0.717, 1.165) is 18.5 Å². The number of rotatable bonds is 5. The van der Waals surface area contributed by atoms with E-state index >= 15 is 0 Å². The van der Waals surface area contributed by atoms with E-state index in [-0.39, 0.29) is 34.3 Å². The molecule has 3 heteroatoms. The van der Waals surface area contributed by atoms with Crippen LogP contribution in [0.15, 0.2) is 30.3 Å². The molecule has 0 aromatic heterocycles. The summed E-state index contributed by atoms with van der Waals surface area (Å²) in [5.41, 5.74) is 0.853. The van der Waals surface area contributed by atoms with E-state index in [2.05, 4.69) is 4.90 Å². The number of hydrogen-bond donors (Lipinski definition) is 0. The van der Waals surface area contributed by atoms with Crippen molar-refractivity contribution in [2.45, 2.75) is 32.1 Å². The molecule has 2 nitrogen and oxygen atoms in total. The maximum atomic E-state index is 11.9. The van der Waals surface area contributed by atoms with Crippen molar-refractivity contribution < 1.29 is 25.9 Å². The van der Waals surface area contributed by atoms with Crippen LogP contribution in [0, 0.1) is 7.43 Å². The standard InChI is InChI=1S/C15H21NO.CH3.W/c17-15(14-8-3-1-4-9-14)10-7-13-16-11-5-2-6-12-16;;/h1,3-4,8-9H,2,5-7,10-13H2;1H3;/q;-1;. The average molecular weight is 430 g/mol. The van der Waals surface area contributed by atoms with Gasteiger partial charge < -0.3 is 12.3 Å². The largest absolute Gasteiger partial charge is 0.358 e. The van der Waals surface area contributed by atoms with E-state index in [9.17, 15) is 4.79 Å². The Labute approximate surface area is 131 Å². The number of Topliss-reactive ketones (excluding diaryl/α,β-unsaturated/α-hetero) is 1. The van der Waals surface area contributed by atoms with Gasteiger partial charge in [-0.1, -0.05) is 36.8 Å². The van der Waals surface area contributed by atoms with Crippen molar-refractivity contribution in [1.29, 1.82) is 0 Å². The molecule has 1 aromatic rings. The zero-order chi connectivity index (χ0) is 11.9. The SMILES string of the molecule is O=C(CCCN1CCCCC1)c1ccccc1.[CH3-].[W]. The third kappa shape index (κ3) is 6.49. The summed E-state index contributed by atoms with van der Waals surface area (Å²) in [4.78, 5) is 14.4. The molecule has 19 heavy (non-hydrogen) atoms. The van der Waals surface area contributed by atoms with Gasteiger partial charge in [-0.15, -0.1) is 0 Å². The molecule has 1 aromatic carbocycles. The number of likely N-dealkylation sites (tertiary alicyclic amines) is 1. The topological polar surface area (TPSA) is 20.3 Å². The third-order valence-corrected chi connectivity index (χ3v) is 3.42. The molecule has 1 fully saturated rings. The van der Waals surface area contributed by atoms with E-state index in [4.69, 9.17) is 0 Å². The minimum absolute atomic E-state index is 0. The number of benzene rings is 1. The van der Waals surface area contributed by atoms with Crippen molar-refractivity contribution in [2.24, 2.45) is 0 Å². The molecule has 0 atom stereocenters. The van der Waals surface area contributed by atoms with Crippen LogP contribution in [0.5, 0.6) is 0 Å². The number of hydrogen-bond acceptors (Lipinski definition) is 2. The van der Waals surface area contributed by atoms with Gasteiger partial charge in [-0.05, 0) is 38.9 Å². The maximum Gasteiger partial charge on any atom is 0.162 e. The van der Waals surface area contributed by atoms with Gasteiger partial charge in [0.2, 0.25) is 0 Å². The Morgan fingerprint density at radius 3 is 2.32 bits per heavy atom. The van der Waals surface area contributed by atoms with Crippen LogP contribution in [0.4, 0.5) is 0 Å². The molecule has 1 heterocycles. The van der Waals surface area contributed by atoms with Crippen molar-refractivity contribution in [2.75, 3.05) is 19.6 Å². The molecule has 2 rings (SSSR count). The maximum absolute atomic E-state index is 11.9. The van der Waals surface area contributed by atoms with E-state index in [1.54, 1.807) is 0 Å². The zero-order valence-electron chi connectivity index (χ0n) is 11.8. The number of carbonyl (C=O) groups excluding carboxylic acids is 1. The van der Waals surface area contributed by atoms with Crippen molar-refractivity contribution in [3.05, 3.63) is 43.3 Å². The quantitative estimate of drug-likeness (QED) is 0.526. The van der Waals surface area contributed by atoms with Crippen molar-refractivity contribution >= 4 is 5.78 Å². The van der Waals surface area contributed by atoms with Gasteiger partial charge in [0.05, 0.1) is 0 Å². The Balaban J connectivity index is 0.00000162. The van der Waals surface area contributed by atoms with E-state index < -0.39 is 0 Å². The van der Waals surface area contributed by atoms with Crippen LogP contribution >= 0.6 is 0 Å². The van der Waals surface area contributed by atoms with Gasteiger partial charge in [-0.25, -0.2) is 0 Å². The first-order chi connectivity index (χ1) is 8.36. The van der Waals surface area contributed by atoms with Crippen LogP contribution in [-0.2, 0) is 21.1 Å². The second-order valence-electron chi connectivity index (χ2n) is 4.80. The second kappa shape index (κ2) is 10.3. The molecule has 0 radical (unpaired) electrons. The molecule has 0 unspecified atom stereocenters. The van der Waals surface area contributed by atoms with Crippen LogP contribution in [-0.4, -0.2) is 30.3 Å². The summed E-state index contributed by atoms with van der Waals surface area (Å²) in [7, 11) is 0. The molecule has 0 spiro atoms. The van der Waals surface area contributed by atoms with Crippen molar-refractivity contribution in [1.82, 2.24) is 4.90 Å². The van der Waals surface area contributed by atoms with Crippen LogP contribution < -0.4 is 0 Å². The fourth-order valence-corrected chi connectivity index (χ4v) is 2.41. The monoisotopic (exact) mass is 430 g/mol. The summed E-state index contributed by atoms with van der Waals surface area (Å²) in [6.07, 6.45) is 5.70. The van der Waals surface area contributed by atoms with Gasteiger partial charge in [0, 0.05) is 33.0 Å². The Kier molecular flexibility index (Phi) is 10.1. The van der Waals surface area contributed by atoms with Gasteiger partial charge >= 0.3 is 0 Å². The molecule has 0 saturated carbocycles. The normalized spacial score (nSPS) is 15.2. The molecule has 0 amide bonds. The molecule has 1 aliphatic heterocycles. The zero-order valence-corrected chi connectivity index (χ0v) is 14.7. The van der Waals surface area contributed by atoms with Gasteiger partial charge in [0.25, 0.3) is 0 Å². The molecule has 0 bridgehead atoms. The summed E-state index contributed by atoms with van der Waals surface area (Å²) in [5.74, 6) is 0.280. The van der Waals surface area contributed by atoms with E-state index in [1.807, 2.05) is 30.3 Å². The minimum atomic E-state index is 0. The molecular formula is C16H24NOW-. The number of carbonyl (C=O) groups is 1. The Morgan fingerprint density at radius 2 is 1.68 bits per heavy atom. The average Bonchev–Trinajstić information content (AvgIpc) is 2.41. The fourth-order valence-electron chi connectivity index (χ4n) is 2.41. The van der Waals surface area contributed by atoms with Crippen LogP contribution in [0.3, 0.4) is 0 Å². The predicted molar refractivity (Wildman–Crippen MR) is 76.7 cm³/mol. The number of ketones is 1. The van der Waals surface area contributed by atoms with Gasteiger partial charge in [-0.2, -0.15) is 0 Å². The van der Waals surface area contributed by atoms with Gasteiger partial charge in [-0.3, -0.25) is 4.79 Å².